The van der Waals surface area contributed by atoms with Gasteiger partial charge in [-0.15, -0.1) is 0 Å². The zero-order valence-electron chi connectivity index (χ0n) is 16.4. The SMILES string of the molecule is O=C(CCc1nc2ccccc2c(=O)[nH]1)NNC(=O)C12CC3CC(CC(C3)C1)C2. The van der Waals surface area contributed by atoms with Crippen molar-refractivity contribution in [3.05, 3.63) is 40.4 Å². The molecular formula is C22H26N4O3. The summed E-state index contributed by atoms with van der Waals surface area (Å²) in [4.78, 5) is 44.4. The van der Waals surface area contributed by atoms with Crippen LogP contribution in [-0.4, -0.2) is 21.8 Å². The number of rotatable bonds is 4. The van der Waals surface area contributed by atoms with Gasteiger partial charge in [0.2, 0.25) is 11.8 Å². The zero-order valence-corrected chi connectivity index (χ0v) is 16.4. The van der Waals surface area contributed by atoms with Crippen LogP contribution in [0.25, 0.3) is 10.9 Å². The Labute approximate surface area is 168 Å². The summed E-state index contributed by atoms with van der Waals surface area (Å²) in [6.07, 6.45) is 7.15. The summed E-state index contributed by atoms with van der Waals surface area (Å²) < 4.78 is 0. The number of amides is 2. The fourth-order valence-electron chi connectivity index (χ4n) is 6.20. The van der Waals surface area contributed by atoms with E-state index in [0.717, 1.165) is 19.3 Å². The molecule has 4 fully saturated rings. The number of hydrogen-bond donors (Lipinski definition) is 3. The van der Waals surface area contributed by atoms with Crippen molar-refractivity contribution in [2.45, 2.75) is 51.4 Å². The number of nitrogens with zero attached hydrogens (tertiary/aromatic N) is 1. The third-order valence-electron chi connectivity index (χ3n) is 7.09. The molecule has 4 aliphatic carbocycles. The molecule has 2 amide bonds. The highest BCUT2D eigenvalue weighted by Crippen LogP contribution is 2.60. The van der Waals surface area contributed by atoms with E-state index in [-0.39, 0.29) is 29.2 Å². The quantitative estimate of drug-likeness (QED) is 0.692. The summed E-state index contributed by atoms with van der Waals surface area (Å²) in [6.45, 7) is 0. The molecule has 7 nitrogen and oxygen atoms in total. The van der Waals surface area contributed by atoms with Gasteiger partial charge in [-0.3, -0.25) is 25.2 Å². The molecule has 152 valence electrons. The molecule has 6 rings (SSSR count). The number of para-hydroxylation sites is 1. The zero-order chi connectivity index (χ0) is 20.0. The normalized spacial score (nSPS) is 29.7. The summed E-state index contributed by atoms with van der Waals surface area (Å²) in [5.74, 6) is 2.20. The monoisotopic (exact) mass is 394 g/mol. The van der Waals surface area contributed by atoms with Gasteiger partial charge in [0.15, 0.2) is 0 Å². The van der Waals surface area contributed by atoms with Gasteiger partial charge in [-0.1, -0.05) is 12.1 Å². The number of fused-ring (bicyclic) bond motifs is 1. The van der Waals surface area contributed by atoms with Gasteiger partial charge in [0, 0.05) is 12.8 Å². The maximum atomic E-state index is 12.9. The minimum absolute atomic E-state index is 0.0258. The number of aromatic amines is 1. The van der Waals surface area contributed by atoms with Gasteiger partial charge in [-0.25, -0.2) is 4.98 Å². The van der Waals surface area contributed by atoms with Crippen molar-refractivity contribution in [3.63, 3.8) is 0 Å². The molecule has 1 aromatic heterocycles. The Balaban J connectivity index is 1.17. The van der Waals surface area contributed by atoms with E-state index in [2.05, 4.69) is 20.8 Å². The predicted octanol–water partition coefficient (Wildman–Crippen LogP) is 2.22. The number of hydrazine groups is 1. The molecule has 0 radical (unpaired) electrons. The van der Waals surface area contributed by atoms with Gasteiger partial charge in [0.1, 0.15) is 5.82 Å². The molecule has 1 heterocycles. The lowest BCUT2D eigenvalue weighted by atomic mass is 9.49. The Hall–Kier alpha value is -2.70. The van der Waals surface area contributed by atoms with Crippen LogP contribution in [0, 0.1) is 23.2 Å². The lowest BCUT2D eigenvalue weighted by Gasteiger charge is -2.55. The molecule has 0 aliphatic heterocycles. The number of nitrogens with one attached hydrogen (secondary N) is 3. The Bertz CT molecular complexity index is 993. The van der Waals surface area contributed by atoms with E-state index in [1.165, 1.54) is 19.3 Å². The van der Waals surface area contributed by atoms with Crippen LogP contribution in [0.1, 0.15) is 50.8 Å². The maximum absolute atomic E-state index is 12.9. The van der Waals surface area contributed by atoms with E-state index in [0.29, 0.717) is 40.9 Å². The van der Waals surface area contributed by atoms with E-state index >= 15 is 0 Å². The molecule has 4 aliphatic rings. The van der Waals surface area contributed by atoms with Crippen LogP contribution >= 0.6 is 0 Å². The predicted molar refractivity (Wildman–Crippen MR) is 108 cm³/mol. The largest absolute Gasteiger partial charge is 0.310 e. The topological polar surface area (TPSA) is 104 Å². The van der Waals surface area contributed by atoms with Crippen molar-refractivity contribution in [2.75, 3.05) is 0 Å². The molecule has 0 atom stereocenters. The number of H-pyrrole nitrogens is 1. The Morgan fingerprint density at radius 1 is 1.03 bits per heavy atom. The number of carbonyl (C=O) groups excluding carboxylic acids is 2. The molecule has 2 aromatic rings. The van der Waals surface area contributed by atoms with E-state index in [4.69, 9.17) is 0 Å². The van der Waals surface area contributed by atoms with Crippen LogP contribution in [0.4, 0.5) is 0 Å². The van der Waals surface area contributed by atoms with Crippen LogP contribution < -0.4 is 16.4 Å². The molecule has 1 aromatic carbocycles. The lowest BCUT2D eigenvalue weighted by Crippen LogP contribution is -2.56. The van der Waals surface area contributed by atoms with Gasteiger partial charge in [0.25, 0.3) is 5.56 Å². The minimum atomic E-state index is -0.285. The Kier molecular flexibility index (Phi) is 4.41. The van der Waals surface area contributed by atoms with Crippen LogP contribution in [0.15, 0.2) is 29.1 Å². The molecule has 4 bridgehead atoms. The number of carbonyl (C=O) groups is 2. The second-order valence-corrected chi connectivity index (χ2v) is 9.23. The second-order valence-electron chi connectivity index (χ2n) is 9.23. The van der Waals surface area contributed by atoms with Gasteiger partial charge < -0.3 is 4.98 Å². The van der Waals surface area contributed by atoms with Crippen molar-refractivity contribution < 1.29 is 9.59 Å². The summed E-state index contributed by atoms with van der Waals surface area (Å²) in [6, 6.07) is 7.11. The van der Waals surface area contributed by atoms with Crippen molar-refractivity contribution in [2.24, 2.45) is 23.2 Å². The third-order valence-corrected chi connectivity index (χ3v) is 7.09. The van der Waals surface area contributed by atoms with Gasteiger partial charge >= 0.3 is 0 Å². The van der Waals surface area contributed by atoms with Crippen molar-refractivity contribution in [1.29, 1.82) is 0 Å². The van der Waals surface area contributed by atoms with E-state index in [9.17, 15) is 14.4 Å². The number of benzene rings is 1. The Morgan fingerprint density at radius 2 is 1.69 bits per heavy atom. The van der Waals surface area contributed by atoms with Crippen molar-refractivity contribution in [3.8, 4) is 0 Å². The minimum Gasteiger partial charge on any atom is -0.310 e. The number of aromatic nitrogens is 2. The molecule has 0 saturated heterocycles. The van der Waals surface area contributed by atoms with E-state index < -0.39 is 0 Å². The third kappa shape index (κ3) is 3.43. The fourth-order valence-corrected chi connectivity index (χ4v) is 6.20. The van der Waals surface area contributed by atoms with E-state index in [1.807, 2.05) is 6.07 Å². The summed E-state index contributed by atoms with van der Waals surface area (Å²) in [7, 11) is 0. The van der Waals surface area contributed by atoms with Gasteiger partial charge in [-0.2, -0.15) is 0 Å². The van der Waals surface area contributed by atoms with Crippen LogP contribution in [0.2, 0.25) is 0 Å². The van der Waals surface area contributed by atoms with Gasteiger partial charge in [-0.05, 0) is 68.4 Å². The average molecular weight is 394 g/mol. The highest BCUT2D eigenvalue weighted by Gasteiger charge is 2.54. The molecular weight excluding hydrogens is 368 g/mol. The number of aryl methyl sites for hydroxylation is 1. The standard InChI is InChI=1S/C22H26N4O3/c27-19(6-5-18-23-17-4-2-1-3-16(17)20(28)24-18)25-26-21(29)22-10-13-7-14(11-22)9-15(8-13)12-22/h1-4,13-15H,5-12H2,(H,25,27)(H,26,29)(H,23,24,28). The average Bonchev–Trinajstić information content (AvgIpc) is 2.69. The second kappa shape index (κ2) is 6.97. The first-order chi connectivity index (χ1) is 14.0. The first kappa shape index (κ1) is 18.3. The molecule has 3 N–H and O–H groups in total. The molecule has 7 heteroatoms. The highest BCUT2D eigenvalue weighted by molar-refractivity contribution is 5.86. The molecule has 29 heavy (non-hydrogen) atoms. The Morgan fingerprint density at radius 3 is 2.38 bits per heavy atom. The highest BCUT2D eigenvalue weighted by atomic mass is 16.2. The maximum Gasteiger partial charge on any atom is 0.258 e. The van der Waals surface area contributed by atoms with Crippen LogP contribution in [0.3, 0.4) is 0 Å². The van der Waals surface area contributed by atoms with Crippen LogP contribution in [-0.2, 0) is 16.0 Å². The lowest BCUT2D eigenvalue weighted by molar-refractivity contribution is -0.148. The summed E-state index contributed by atoms with van der Waals surface area (Å²) in [5, 5.41) is 0.531. The molecule has 4 saturated carbocycles. The van der Waals surface area contributed by atoms with E-state index in [1.54, 1.807) is 18.2 Å². The first-order valence-electron chi connectivity index (χ1n) is 10.6. The first-order valence-corrected chi connectivity index (χ1v) is 10.6. The summed E-state index contributed by atoms with van der Waals surface area (Å²) >= 11 is 0. The van der Waals surface area contributed by atoms with Crippen molar-refractivity contribution >= 4 is 22.7 Å². The van der Waals surface area contributed by atoms with Crippen LogP contribution in [0.5, 0.6) is 0 Å². The van der Waals surface area contributed by atoms with Crippen molar-refractivity contribution in [1.82, 2.24) is 20.8 Å². The summed E-state index contributed by atoms with van der Waals surface area (Å²) in [5.41, 5.74) is 5.38. The van der Waals surface area contributed by atoms with Gasteiger partial charge in [0.05, 0.1) is 16.3 Å². The molecule has 0 spiro atoms. The molecule has 0 unspecified atom stereocenters. The smallest absolute Gasteiger partial charge is 0.258 e. The fraction of sp³-hybridized carbons (Fsp3) is 0.545. The number of hydrogen-bond acceptors (Lipinski definition) is 4.